The molecule has 0 atom stereocenters. The van der Waals surface area contributed by atoms with Crippen molar-refractivity contribution >= 4 is 40.4 Å². The maximum absolute atomic E-state index is 12.2. The zero-order chi connectivity index (χ0) is 18.8. The lowest BCUT2D eigenvalue weighted by Gasteiger charge is -2.15. The highest BCUT2D eigenvalue weighted by Gasteiger charge is 2.21. The Labute approximate surface area is 156 Å². The van der Waals surface area contributed by atoms with Gasteiger partial charge in [0, 0.05) is 37.3 Å². The fraction of sp³-hybridized carbons (Fsp3) is 0.190. The number of anilines is 2. The van der Waals surface area contributed by atoms with Crippen LogP contribution in [-0.4, -0.2) is 23.3 Å². The van der Waals surface area contributed by atoms with Crippen molar-refractivity contribution in [3.63, 3.8) is 0 Å². The Morgan fingerprint density at radius 3 is 2.78 bits per heavy atom. The summed E-state index contributed by atoms with van der Waals surface area (Å²) in [6, 6.07) is 12.9. The van der Waals surface area contributed by atoms with Crippen LogP contribution in [0.25, 0.3) is 17.2 Å². The number of benzene rings is 2. The number of aryl methyl sites for hydroxylation is 1. The maximum Gasteiger partial charge on any atom is 0.248 e. The summed E-state index contributed by atoms with van der Waals surface area (Å²) in [6.45, 7) is 2.55. The van der Waals surface area contributed by atoms with Gasteiger partial charge in [0.15, 0.2) is 11.5 Å². The number of carbonyl (C=O) groups excluding carboxylic acids is 2. The van der Waals surface area contributed by atoms with Crippen LogP contribution in [0.4, 0.5) is 11.4 Å². The summed E-state index contributed by atoms with van der Waals surface area (Å²) >= 11 is 0. The van der Waals surface area contributed by atoms with Crippen LogP contribution in [0, 0.1) is 6.92 Å². The molecular weight excluding hydrogens is 342 g/mol. The molecule has 0 radical (unpaired) electrons. The number of rotatable bonds is 4. The molecule has 1 fully saturated rings. The molecule has 1 N–H and O–H groups in total. The second-order valence-electron chi connectivity index (χ2n) is 6.48. The third-order valence-electron chi connectivity index (χ3n) is 4.47. The number of nitrogens with zero attached hydrogens (tertiary/aromatic N) is 2. The van der Waals surface area contributed by atoms with Gasteiger partial charge in [-0.1, -0.05) is 12.1 Å². The standard InChI is InChI=1S/C21H19N3O3/c1-14-22-18-13-16(7-10-19(18)27-14)23-20(25)11-6-15-4-8-17(9-5-15)24-12-2-3-21(24)26/h4-11,13H,2-3,12H2,1H3,(H,23,25)/b11-6+. The monoisotopic (exact) mass is 361 g/mol. The van der Waals surface area contributed by atoms with Gasteiger partial charge in [-0.15, -0.1) is 0 Å². The van der Waals surface area contributed by atoms with Crippen LogP contribution in [0.2, 0.25) is 0 Å². The normalized spacial score (nSPS) is 14.4. The van der Waals surface area contributed by atoms with Gasteiger partial charge in [0.25, 0.3) is 0 Å². The molecule has 136 valence electrons. The van der Waals surface area contributed by atoms with E-state index in [0.717, 1.165) is 24.2 Å². The molecule has 2 aromatic carbocycles. The van der Waals surface area contributed by atoms with E-state index in [1.54, 1.807) is 36.1 Å². The van der Waals surface area contributed by atoms with Crippen LogP contribution in [0.3, 0.4) is 0 Å². The second-order valence-corrected chi connectivity index (χ2v) is 6.48. The molecule has 0 unspecified atom stereocenters. The lowest BCUT2D eigenvalue weighted by atomic mass is 10.2. The van der Waals surface area contributed by atoms with Crippen molar-refractivity contribution < 1.29 is 14.0 Å². The molecule has 0 spiro atoms. The molecule has 1 aliphatic heterocycles. The van der Waals surface area contributed by atoms with Crippen molar-refractivity contribution in [2.75, 3.05) is 16.8 Å². The van der Waals surface area contributed by atoms with E-state index in [4.69, 9.17) is 4.42 Å². The number of amides is 2. The van der Waals surface area contributed by atoms with Gasteiger partial charge in [-0.2, -0.15) is 0 Å². The van der Waals surface area contributed by atoms with Crippen molar-refractivity contribution in [1.29, 1.82) is 0 Å². The molecule has 0 saturated carbocycles. The Hall–Kier alpha value is -3.41. The minimum Gasteiger partial charge on any atom is -0.441 e. The highest BCUT2D eigenvalue weighted by molar-refractivity contribution is 6.02. The Kier molecular flexibility index (Phi) is 4.46. The smallest absolute Gasteiger partial charge is 0.248 e. The summed E-state index contributed by atoms with van der Waals surface area (Å²) in [5.41, 5.74) is 3.85. The van der Waals surface area contributed by atoms with Gasteiger partial charge in [-0.25, -0.2) is 4.98 Å². The summed E-state index contributed by atoms with van der Waals surface area (Å²) in [4.78, 5) is 30.0. The van der Waals surface area contributed by atoms with Crippen LogP contribution in [0.5, 0.6) is 0 Å². The fourth-order valence-corrected chi connectivity index (χ4v) is 3.16. The molecule has 6 nitrogen and oxygen atoms in total. The van der Waals surface area contributed by atoms with Crippen molar-refractivity contribution in [2.45, 2.75) is 19.8 Å². The molecule has 1 aromatic heterocycles. The first kappa shape index (κ1) is 17.0. The van der Waals surface area contributed by atoms with Gasteiger partial charge in [-0.3, -0.25) is 9.59 Å². The van der Waals surface area contributed by atoms with Gasteiger partial charge < -0.3 is 14.6 Å². The van der Waals surface area contributed by atoms with Gasteiger partial charge in [-0.05, 0) is 48.4 Å². The van der Waals surface area contributed by atoms with Crippen LogP contribution >= 0.6 is 0 Å². The average molecular weight is 361 g/mol. The molecule has 0 bridgehead atoms. The molecule has 2 amide bonds. The van der Waals surface area contributed by atoms with Crippen molar-refractivity contribution in [2.24, 2.45) is 0 Å². The highest BCUT2D eigenvalue weighted by atomic mass is 16.3. The number of carbonyl (C=O) groups is 2. The van der Waals surface area contributed by atoms with Crippen LogP contribution < -0.4 is 10.2 Å². The lowest BCUT2D eigenvalue weighted by Crippen LogP contribution is -2.23. The predicted molar refractivity (Wildman–Crippen MR) is 104 cm³/mol. The largest absolute Gasteiger partial charge is 0.441 e. The van der Waals surface area contributed by atoms with Gasteiger partial charge in [0.2, 0.25) is 11.8 Å². The molecule has 3 aromatic rings. The number of hydrogen-bond acceptors (Lipinski definition) is 4. The van der Waals surface area contributed by atoms with E-state index in [1.807, 2.05) is 24.3 Å². The molecule has 27 heavy (non-hydrogen) atoms. The topological polar surface area (TPSA) is 75.4 Å². The molecule has 4 rings (SSSR count). The number of aromatic nitrogens is 1. The summed E-state index contributed by atoms with van der Waals surface area (Å²) in [5, 5.41) is 2.82. The number of hydrogen-bond donors (Lipinski definition) is 1. The van der Waals surface area contributed by atoms with E-state index in [9.17, 15) is 9.59 Å². The van der Waals surface area contributed by atoms with Crippen molar-refractivity contribution in [1.82, 2.24) is 4.98 Å². The Morgan fingerprint density at radius 1 is 1.22 bits per heavy atom. The quantitative estimate of drug-likeness (QED) is 0.715. The number of fused-ring (bicyclic) bond motifs is 1. The zero-order valence-corrected chi connectivity index (χ0v) is 14.9. The molecule has 1 saturated heterocycles. The van der Waals surface area contributed by atoms with Crippen LogP contribution in [-0.2, 0) is 9.59 Å². The molecular formula is C21H19N3O3. The molecule has 2 heterocycles. The van der Waals surface area contributed by atoms with E-state index in [0.29, 0.717) is 29.1 Å². The van der Waals surface area contributed by atoms with Gasteiger partial charge in [0.05, 0.1) is 0 Å². The van der Waals surface area contributed by atoms with Gasteiger partial charge >= 0.3 is 0 Å². The summed E-state index contributed by atoms with van der Waals surface area (Å²) in [5.74, 6) is 0.526. The Morgan fingerprint density at radius 2 is 2.04 bits per heavy atom. The SMILES string of the molecule is Cc1nc2cc(NC(=O)/C=C/c3ccc(N4CCCC4=O)cc3)ccc2o1. The third kappa shape index (κ3) is 3.74. The summed E-state index contributed by atoms with van der Waals surface area (Å²) in [6.07, 6.45) is 4.74. The third-order valence-corrected chi connectivity index (χ3v) is 4.47. The number of oxazole rings is 1. The van der Waals surface area contributed by atoms with E-state index >= 15 is 0 Å². The second kappa shape index (κ2) is 7.07. The first-order valence-corrected chi connectivity index (χ1v) is 8.85. The predicted octanol–water partition coefficient (Wildman–Crippen LogP) is 3.91. The Bertz CT molecular complexity index is 1030. The van der Waals surface area contributed by atoms with E-state index in [-0.39, 0.29) is 11.8 Å². The van der Waals surface area contributed by atoms with Gasteiger partial charge in [0.1, 0.15) is 5.52 Å². The minimum atomic E-state index is -0.228. The Balaban J connectivity index is 1.40. The van der Waals surface area contributed by atoms with E-state index in [1.165, 1.54) is 6.08 Å². The average Bonchev–Trinajstić information content (AvgIpc) is 3.24. The fourth-order valence-electron chi connectivity index (χ4n) is 3.16. The van der Waals surface area contributed by atoms with Crippen molar-refractivity contribution in [3.05, 3.63) is 60.0 Å². The van der Waals surface area contributed by atoms with Crippen molar-refractivity contribution in [3.8, 4) is 0 Å². The lowest BCUT2D eigenvalue weighted by molar-refractivity contribution is -0.117. The summed E-state index contributed by atoms with van der Waals surface area (Å²) in [7, 11) is 0. The van der Waals surface area contributed by atoms with Crippen LogP contribution in [0.15, 0.2) is 53.0 Å². The summed E-state index contributed by atoms with van der Waals surface area (Å²) < 4.78 is 5.42. The maximum atomic E-state index is 12.2. The van der Waals surface area contributed by atoms with E-state index < -0.39 is 0 Å². The molecule has 6 heteroatoms. The van der Waals surface area contributed by atoms with Crippen LogP contribution in [0.1, 0.15) is 24.3 Å². The highest BCUT2D eigenvalue weighted by Crippen LogP contribution is 2.22. The first-order chi connectivity index (χ1) is 13.1. The first-order valence-electron chi connectivity index (χ1n) is 8.85. The molecule has 0 aliphatic carbocycles. The zero-order valence-electron chi connectivity index (χ0n) is 14.9. The molecule has 1 aliphatic rings. The minimum absolute atomic E-state index is 0.164. The van der Waals surface area contributed by atoms with E-state index in [2.05, 4.69) is 10.3 Å². The number of nitrogens with one attached hydrogen (secondary N) is 1.